The van der Waals surface area contributed by atoms with Crippen molar-refractivity contribution in [1.82, 2.24) is 0 Å². The van der Waals surface area contributed by atoms with Gasteiger partial charge in [0, 0.05) is 5.92 Å². The van der Waals surface area contributed by atoms with Crippen LogP contribution in [0.2, 0.25) is 0 Å². The maximum absolute atomic E-state index is 11.6. The van der Waals surface area contributed by atoms with E-state index in [4.69, 9.17) is 0 Å². The molecule has 1 fully saturated rings. The van der Waals surface area contributed by atoms with Crippen LogP contribution in [0.25, 0.3) is 0 Å². The molecule has 3 nitrogen and oxygen atoms in total. The van der Waals surface area contributed by atoms with E-state index >= 15 is 0 Å². The zero-order valence-corrected chi connectivity index (χ0v) is 11.6. The van der Waals surface area contributed by atoms with Gasteiger partial charge in [-0.1, -0.05) is 6.92 Å². The number of sulfone groups is 1. The molecule has 6 heteroatoms. The molecule has 0 bridgehead atoms. The number of hydrogen-bond donors (Lipinski definition) is 0. The summed E-state index contributed by atoms with van der Waals surface area (Å²) in [6.07, 6.45) is 1.66. The summed E-state index contributed by atoms with van der Waals surface area (Å²) in [6, 6.07) is 0. The Kier molecular flexibility index (Phi) is 3.45. The lowest BCUT2D eigenvalue weighted by molar-refractivity contribution is -0.118. The maximum atomic E-state index is 11.6. The first-order chi connectivity index (χ1) is 5.83. The summed E-state index contributed by atoms with van der Waals surface area (Å²) in [4.78, 5) is 11.6. The van der Waals surface area contributed by atoms with Crippen LogP contribution in [-0.2, 0) is 14.6 Å². The largest absolute Gasteiger partial charge is 0.296 e. The Morgan fingerprint density at radius 2 is 2.08 bits per heavy atom. The molecule has 0 radical (unpaired) electrons. The normalized spacial score (nSPS) is 22.4. The molecular formula is C7H10BrIO3S. The van der Waals surface area contributed by atoms with Gasteiger partial charge in [0.2, 0.25) is 1.66 Å². The van der Waals surface area contributed by atoms with Crippen LogP contribution >= 0.6 is 38.5 Å². The van der Waals surface area contributed by atoms with Crippen LogP contribution in [-0.4, -0.2) is 21.6 Å². The molecule has 76 valence electrons. The maximum Gasteiger partial charge on any atom is 0.234 e. The van der Waals surface area contributed by atoms with Crippen molar-refractivity contribution in [2.75, 3.05) is 5.75 Å². The van der Waals surface area contributed by atoms with E-state index in [2.05, 4.69) is 15.9 Å². The van der Waals surface area contributed by atoms with Gasteiger partial charge in [-0.05, 0) is 51.4 Å². The molecule has 1 unspecified atom stereocenters. The predicted molar refractivity (Wildman–Crippen MR) is 62.9 cm³/mol. The third-order valence-electron chi connectivity index (χ3n) is 2.01. The molecule has 0 heterocycles. The zero-order chi connectivity index (χ0) is 10.3. The standard InChI is InChI=1S/C7H10BrIO3S/c1-2-13(11,12)7(8,9)6(10)5-3-4-5/h5H,2-4H2,1H3. The lowest BCUT2D eigenvalue weighted by atomic mass is 10.3. The lowest BCUT2D eigenvalue weighted by Crippen LogP contribution is -2.36. The van der Waals surface area contributed by atoms with Crippen molar-refractivity contribution in [3.8, 4) is 0 Å². The highest BCUT2D eigenvalue weighted by Crippen LogP contribution is 2.43. The minimum absolute atomic E-state index is 0.0142. The number of ketones is 1. The fraction of sp³-hybridized carbons (Fsp3) is 0.857. The van der Waals surface area contributed by atoms with E-state index in [0.717, 1.165) is 12.8 Å². The minimum Gasteiger partial charge on any atom is -0.296 e. The van der Waals surface area contributed by atoms with Crippen LogP contribution in [0.5, 0.6) is 0 Å². The molecule has 1 rings (SSSR count). The molecular weight excluding hydrogens is 371 g/mol. The Morgan fingerprint density at radius 1 is 1.62 bits per heavy atom. The minimum atomic E-state index is -3.35. The summed E-state index contributed by atoms with van der Waals surface area (Å²) < 4.78 is 21.6. The van der Waals surface area contributed by atoms with Gasteiger partial charge in [0.25, 0.3) is 0 Å². The fourth-order valence-electron chi connectivity index (χ4n) is 0.918. The number of Topliss-reactive ketones (excluding diaryl/α,β-unsaturated/α-hetero) is 1. The molecule has 1 aliphatic carbocycles. The Bertz CT molecular complexity index is 319. The average Bonchev–Trinajstić information content (AvgIpc) is 2.85. The van der Waals surface area contributed by atoms with E-state index in [1.54, 1.807) is 29.5 Å². The van der Waals surface area contributed by atoms with Crippen LogP contribution in [0.1, 0.15) is 19.8 Å². The summed E-state index contributed by atoms with van der Waals surface area (Å²) in [6.45, 7) is 1.55. The van der Waals surface area contributed by atoms with Crippen molar-refractivity contribution in [2.45, 2.75) is 21.4 Å². The predicted octanol–water partition coefficient (Wildman–Crippen LogP) is 1.88. The first-order valence-electron chi connectivity index (χ1n) is 3.97. The van der Waals surface area contributed by atoms with Crippen molar-refractivity contribution < 1.29 is 13.2 Å². The summed E-state index contributed by atoms with van der Waals surface area (Å²) in [5.74, 6) is -0.257. The molecule has 0 N–H and O–H groups in total. The molecule has 0 aromatic rings. The highest BCUT2D eigenvalue weighted by atomic mass is 127. The lowest BCUT2D eigenvalue weighted by Gasteiger charge is -2.18. The molecule has 0 spiro atoms. The highest BCUT2D eigenvalue weighted by Gasteiger charge is 2.50. The van der Waals surface area contributed by atoms with Gasteiger partial charge in [0.05, 0.1) is 5.75 Å². The van der Waals surface area contributed by atoms with Crippen molar-refractivity contribution in [1.29, 1.82) is 0 Å². The van der Waals surface area contributed by atoms with Crippen LogP contribution in [0.15, 0.2) is 0 Å². The van der Waals surface area contributed by atoms with Crippen molar-refractivity contribution in [3.05, 3.63) is 0 Å². The average molecular weight is 381 g/mol. The van der Waals surface area contributed by atoms with Gasteiger partial charge in [-0.3, -0.25) is 4.79 Å². The Morgan fingerprint density at radius 3 is 2.38 bits per heavy atom. The van der Waals surface area contributed by atoms with E-state index in [0.29, 0.717) is 0 Å². The smallest absolute Gasteiger partial charge is 0.234 e. The van der Waals surface area contributed by atoms with Gasteiger partial charge in [0.1, 0.15) is 0 Å². The van der Waals surface area contributed by atoms with E-state index in [-0.39, 0.29) is 17.5 Å². The number of carbonyl (C=O) groups excluding carboxylic acids is 1. The molecule has 0 amide bonds. The Balaban J connectivity index is 2.92. The van der Waals surface area contributed by atoms with Gasteiger partial charge >= 0.3 is 0 Å². The van der Waals surface area contributed by atoms with E-state index in [1.807, 2.05) is 0 Å². The molecule has 0 aliphatic heterocycles. The van der Waals surface area contributed by atoms with E-state index in [1.165, 1.54) is 0 Å². The molecule has 0 aromatic heterocycles. The van der Waals surface area contributed by atoms with Gasteiger partial charge in [-0.15, -0.1) is 0 Å². The Hall–Kier alpha value is 0.830. The van der Waals surface area contributed by atoms with Gasteiger partial charge in [0.15, 0.2) is 15.6 Å². The van der Waals surface area contributed by atoms with Crippen molar-refractivity contribution in [3.63, 3.8) is 0 Å². The topological polar surface area (TPSA) is 51.2 Å². The molecule has 13 heavy (non-hydrogen) atoms. The number of rotatable bonds is 4. The van der Waals surface area contributed by atoms with Crippen LogP contribution < -0.4 is 0 Å². The van der Waals surface area contributed by atoms with E-state index in [9.17, 15) is 13.2 Å². The molecule has 1 saturated carbocycles. The number of alkyl halides is 2. The summed E-state index contributed by atoms with van der Waals surface area (Å²) in [5, 5.41) is 0. The third-order valence-corrected chi connectivity index (χ3v) is 8.16. The number of hydrogen-bond acceptors (Lipinski definition) is 3. The van der Waals surface area contributed by atoms with Gasteiger partial charge < -0.3 is 0 Å². The number of halogens is 2. The Labute approximate surface area is 99.8 Å². The van der Waals surface area contributed by atoms with Crippen molar-refractivity contribution in [2.24, 2.45) is 5.92 Å². The van der Waals surface area contributed by atoms with Crippen LogP contribution in [0.3, 0.4) is 0 Å². The zero-order valence-electron chi connectivity index (χ0n) is 7.09. The van der Waals surface area contributed by atoms with Crippen molar-refractivity contribution >= 4 is 54.1 Å². The second-order valence-electron chi connectivity index (χ2n) is 3.06. The molecule has 1 atom stereocenters. The van der Waals surface area contributed by atoms with Gasteiger partial charge in [-0.2, -0.15) is 0 Å². The first kappa shape index (κ1) is 11.9. The van der Waals surface area contributed by atoms with Crippen LogP contribution in [0.4, 0.5) is 0 Å². The third kappa shape index (κ3) is 2.26. The first-order valence-corrected chi connectivity index (χ1v) is 7.49. The SMILES string of the molecule is CCS(=O)(=O)C(Br)(I)C(=O)C1CC1. The molecule has 1 aliphatic rings. The second kappa shape index (κ2) is 3.77. The summed E-state index contributed by atoms with van der Waals surface area (Å²) in [5.41, 5.74) is 0. The summed E-state index contributed by atoms with van der Waals surface area (Å²) >= 11 is 4.70. The monoisotopic (exact) mass is 380 g/mol. The van der Waals surface area contributed by atoms with Crippen LogP contribution in [0, 0.1) is 5.92 Å². The fourth-order valence-corrected chi connectivity index (χ4v) is 4.14. The molecule has 0 saturated heterocycles. The number of carbonyl (C=O) groups is 1. The quantitative estimate of drug-likeness (QED) is 0.552. The van der Waals surface area contributed by atoms with Gasteiger partial charge in [-0.25, -0.2) is 8.42 Å². The summed E-state index contributed by atoms with van der Waals surface area (Å²) in [7, 11) is -3.35. The second-order valence-corrected chi connectivity index (χ2v) is 11.0. The molecule has 0 aromatic carbocycles. The van der Waals surface area contributed by atoms with E-state index < -0.39 is 11.5 Å². The highest BCUT2D eigenvalue weighted by molar-refractivity contribution is 14.1.